The summed E-state index contributed by atoms with van der Waals surface area (Å²) < 4.78 is 5.64. The van der Waals surface area contributed by atoms with Gasteiger partial charge < -0.3 is 9.84 Å². The Morgan fingerprint density at radius 1 is 1.00 bits per heavy atom. The topological polar surface area (TPSA) is 29.5 Å². The summed E-state index contributed by atoms with van der Waals surface area (Å²) in [6, 6.07) is 11.6. The molecule has 0 aliphatic heterocycles. The van der Waals surface area contributed by atoms with E-state index in [1.54, 1.807) is 6.07 Å². The van der Waals surface area contributed by atoms with Crippen LogP contribution in [-0.4, -0.2) is 11.7 Å². The predicted octanol–water partition coefficient (Wildman–Crippen LogP) is 4.50. The van der Waals surface area contributed by atoms with Crippen LogP contribution in [0.25, 0.3) is 10.8 Å². The lowest BCUT2D eigenvalue weighted by molar-refractivity contribution is 0.290. The maximum Gasteiger partial charge on any atom is 0.161 e. The van der Waals surface area contributed by atoms with Gasteiger partial charge in [-0.2, -0.15) is 0 Å². The second kappa shape index (κ2) is 6.29. The van der Waals surface area contributed by atoms with E-state index in [4.69, 9.17) is 4.74 Å². The number of aromatic hydroxyl groups is 1. The zero-order valence-corrected chi connectivity index (χ0v) is 10.9. The van der Waals surface area contributed by atoms with E-state index in [9.17, 15) is 5.11 Å². The Labute approximate surface area is 108 Å². The molecular formula is C16H20O2. The van der Waals surface area contributed by atoms with Crippen molar-refractivity contribution in [3.63, 3.8) is 0 Å². The van der Waals surface area contributed by atoms with Crippen LogP contribution in [0.1, 0.15) is 32.6 Å². The van der Waals surface area contributed by atoms with Gasteiger partial charge in [0.25, 0.3) is 0 Å². The van der Waals surface area contributed by atoms with Crippen molar-refractivity contribution in [3.8, 4) is 11.5 Å². The quantitative estimate of drug-likeness (QED) is 0.758. The highest BCUT2D eigenvalue weighted by molar-refractivity contribution is 5.85. The smallest absolute Gasteiger partial charge is 0.161 e. The average Bonchev–Trinajstić information content (AvgIpc) is 2.39. The zero-order chi connectivity index (χ0) is 12.8. The Morgan fingerprint density at radius 3 is 2.44 bits per heavy atom. The van der Waals surface area contributed by atoms with Gasteiger partial charge in [0.1, 0.15) is 0 Å². The molecule has 1 N–H and O–H groups in total. The SMILES string of the molecule is CCCCCCOc1cc2ccccc2cc1O. The van der Waals surface area contributed by atoms with Crippen molar-refractivity contribution in [2.45, 2.75) is 32.6 Å². The molecule has 0 radical (unpaired) electrons. The molecule has 96 valence electrons. The first-order valence-corrected chi connectivity index (χ1v) is 6.66. The van der Waals surface area contributed by atoms with Crippen LogP contribution < -0.4 is 4.74 Å². The van der Waals surface area contributed by atoms with Crippen LogP contribution >= 0.6 is 0 Å². The number of unbranched alkanes of at least 4 members (excludes halogenated alkanes) is 3. The Morgan fingerprint density at radius 2 is 1.72 bits per heavy atom. The molecule has 2 aromatic rings. The van der Waals surface area contributed by atoms with E-state index < -0.39 is 0 Å². The number of fused-ring (bicyclic) bond motifs is 1. The van der Waals surface area contributed by atoms with Crippen molar-refractivity contribution < 1.29 is 9.84 Å². The van der Waals surface area contributed by atoms with Crippen LogP contribution in [0.4, 0.5) is 0 Å². The lowest BCUT2D eigenvalue weighted by Gasteiger charge is -2.09. The Hall–Kier alpha value is -1.70. The molecule has 18 heavy (non-hydrogen) atoms. The molecule has 0 heterocycles. The molecule has 0 spiro atoms. The maximum absolute atomic E-state index is 9.89. The molecule has 0 fully saturated rings. The number of hydrogen-bond acceptors (Lipinski definition) is 2. The summed E-state index contributed by atoms with van der Waals surface area (Å²) in [5.74, 6) is 0.814. The standard InChI is InChI=1S/C16H20O2/c1-2-3-4-7-10-18-16-12-14-9-6-5-8-13(14)11-15(16)17/h5-6,8-9,11-12,17H,2-4,7,10H2,1H3. The third-order valence-electron chi connectivity index (χ3n) is 3.08. The minimum absolute atomic E-state index is 0.226. The van der Waals surface area contributed by atoms with Crippen LogP contribution in [0.15, 0.2) is 36.4 Å². The summed E-state index contributed by atoms with van der Waals surface area (Å²) in [4.78, 5) is 0. The van der Waals surface area contributed by atoms with E-state index in [-0.39, 0.29) is 5.75 Å². The number of hydrogen-bond donors (Lipinski definition) is 1. The fourth-order valence-corrected chi connectivity index (χ4v) is 2.03. The minimum Gasteiger partial charge on any atom is -0.504 e. The summed E-state index contributed by atoms with van der Waals surface area (Å²) in [6.07, 6.45) is 4.69. The molecule has 0 amide bonds. The molecule has 2 nitrogen and oxygen atoms in total. The van der Waals surface area contributed by atoms with Gasteiger partial charge in [0.05, 0.1) is 6.61 Å². The molecule has 2 rings (SSSR count). The third kappa shape index (κ3) is 3.16. The van der Waals surface area contributed by atoms with Crippen LogP contribution in [0.2, 0.25) is 0 Å². The number of rotatable bonds is 6. The van der Waals surface area contributed by atoms with Gasteiger partial charge in [-0.25, -0.2) is 0 Å². The van der Waals surface area contributed by atoms with Crippen molar-refractivity contribution in [3.05, 3.63) is 36.4 Å². The number of benzene rings is 2. The third-order valence-corrected chi connectivity index (χ3v) is 3.08. The van der Waals surface area contributed by atoms with Gasteiger partial charge in [-0.3, -0.25) is 0 Å². The molecular weight excluding hydrogens is 224 g/mol. The van der Waals surface area contributed by atoms with E-state index in [1.165, 1.54) is 19.3 Å². The van der Waals surface area contributed by atoms with E-state index >= 15 is 0 Å². The zero-order valence-electron chi connectivity index (χ0n) is 10.9. The molecule has 0 aliphatic rings. The van der Waals surface area contributed by atoms with Gasteiger partial charge in [0.15, 0.2) is 11.5 Å². The van der Waals surface area contributed by atoms with Crippen molar-refractivity contribution >= 4 is 10.8 Å². The van der Waals surface area contributed by atoms with Crippen molar-refractivity contribution in [2.75, 3.05) is 6.61 Å². The Balaban J connectivity index is 2.01. The summed E-state index contributed by atoms with van der Waals surface area (Å²) >= 11 is 0. The number of phenols is 1. The lowest BCUT2D eigenvalue weighted by Crippen LogP contribution is -1.97. The Kier molecular flexibility index (Phi) is 4.46. The Bertz CT molecular complexity index is 505. The van der Waals surface area contributed by atoms with Gasteiger partial charge in [-0.15, -0.1) is 0 Å². The van der Waals surface area contributed by atoms with Crippen molar-refractivity contribution in [1.82, 2.24) is 0 Å². The first kappa shape index (κ1) is 12.7. The van der Waals surface area contributed by atoms with Crippen LogP contribution in [0.3, 0.4) is 0 Å². The maximum atomic E-state index is 9.89. The minimum atomic E-state index is 0.226. The summed E-state index contributed by atoms with van der Waals surface area (Å²) in [5, 5.41) is 12.0. The van der Waals surface area contributed by atoms with Crippen LogP contribution in [0.5, 0.6) is 11.5 Å². The highest BCUT2D eigenvalue weighted by Crippen LogP contribution is 2.31. The van der Waals surface area contributed by atoms with E-state index in [1.807, 2.05) is 30.3 Å². The average molecular weight is 244 g/mol. The fraction of sp³-hybridized carbons (Fsp3) is 0.375. The summed E-state index contributed by atoms with van der Waals surface area (Å²) in [7, 11) is 0. The summed E-state index contributed by atoms with van der Waals surface area (Å²) in [5.41, 5.74) is 0. The molecule has 2 aromatic carbocycles. The molecule has 0 bridgehead atoms. The highest BCUT2D eigenvalue weighted by atomic mass is 16.5. The van der Waals surface area contributed by atoms with Crippen LogP contribution in [-0.2, 0) is 0 Å². The fourth-order valence-electron chi connectivity index (χ4n) is 2.03. The molecule has 0 saturated heterocycles. The first-order valence-electron chi connectivity index (χ1n) is 6.66. The summed E-state index contributed by atoms with van der Waals surface area (Å²) in [6.45, 7) is 2.86. The second-order valence-corrected chi connectivity index (χ2v) is 4.58. The molecule has 0 aromatic heterocycles. The van der Waals surface area contributed by atoms with Crippen LogP contribution in [0, 0.1) is 0 Å². The predicted molar refractivity (Wildman–Crippen MR) is 75.2 cm³/mol. The largest absolute Gasteiger partial charge is 0.504 e. The normalized spacial score (nSPS) is 10.7. The van der Waals surface area contributed by atoms with E-state index in [0.717, 1.165) is 17.2 Å². The highest BCUT2D eigenvalue weighted by Gasteiger charge is 2.04. The van der Waals surface area contributed by atoms with Gasteiger partial charge in [-0.05, 0) is 29.3 Å². The van der Waals surface area contributed by atoms with Gasteiger partial charge in [-0.1, -0.05) is 50.5 Å². The van der Waals surface area contributed by atoms with Crippen molar-refractivity contribution in [2.24, 2.45) is 0 Å². The second-order valence-electron chi connectivity index (χ2n) is 4.58. The number of ether oxygens (including phenoxy) is 1. The molecule has 0 unspecified atom stereocenters. The molecule has 0 atom stereocenters. The van der Waals surface area contributed by atoms with Gasteiger partial charge in [0.2, 0.25) is 0 Å². The van der Waals surface area contributed by atoms with Gasteiger partial charge >= 0.3 is 0 Å². The lowest BCUT2D eigenvalue weighted by atomic mass is 10.1. The molecule has 0 aliphatic carbocycles. The van der Waals surface area contributed by atoms with E-state index in [2.05, 4.69) is 6.92 Å². The first-order chi connectivity index (χ1) is 8.81. The van der Waals surface area contributed by atoms with Gasteiger partial charge in [0, 0.05) is 0 Å². The molecule has 2 heteroatoms. The number of phenolic OH excluding ortho intramolecular Hbond substituents is 1. The van der Waals surface area contributed by atoms with Crippen molar-refractivity contribution in [1.29, 1.82) is 0 Å². The van der Waals surface area contributed by atoms with E-state index in [0.29, 0.717) is 12.4 Å². The molecule has 0 saturated carbocycles. The monoisotopic (exact) mass is 244 g/mol.